The van der Waals surface area contributed by atoms with E-state index < -0.39 is 0 Å². The van der Waals surface area contributed by atoms with Gasteiger partial charge in [0.05, 0.1) is 0 Å². The Morgan fingerprint density at radius 1 is 1.17 bits per heavy atom. The molecular formula is C15H27N3. The first kappa shape index (κ1) is 15.0. The van der Waals surface area contributed by atoms with E-state index in [1.807, 2.05) is 6.20 Å². The molecule has 0 aliphatic heterocycles. The van der Waals surface area contributed by atoms with E-state index >= 15 is 0 Å². The molecule has 1 heterocycles. The highest BCUT2D eigenvalue weighted by atomic mass is 15.2. The van der Waals surface area contributed by atoms with Gasteiger partial charge in [0, 0.05) is 19.8 Å². The maximum atomic E-state index is 4.56. The Labute approximate surface area is 112 Å². The van der Waals surface area contributed by atoms with Crippen LogP contribution in [0.4, 0.5) is 5.82 Å². The zero-order chi connectivity index (χ0) is 13.5. The second-order valence-corrected chi connectivity index (χ2v) is 5.34. The summed E-state index contributed by atoms with van der Waals surface area (Å²) in [5.74, 6) is 1.67. The van der Waals surface area contributed by atoms with Crippen molar-refractivity contribution >= 4 is 5.82 Å². The van der Waals surface area contributed by atoms with Crippen molar-refractivity contribution in [2.75, 3.05) is 39.1 Å². The predicted molar refractivity (Wildman–Crippen MR) is 79.4 cm³/mol. The number of aromatic nitrogens is 1. The minimum Gasteiger partial charge on any atom is -0.360 e. The van der Waals surface area contributed by atoms with Crippen LogP contribution in [0.1, 0.15) is 38.2 Å². The summed E-state index contributed by atoms with van der Waals surface area (Å²) in [5.41, 5.74) is 1.34. The quantitative estimate of drug-likeness (QED) is 0.740. The molecule has 1 aromatic heterocycles. The molecule has 0 aliphatic carbocycles. The van der Waals surface area contributed by atoms with E-state index in [4.69, 9.17) is 0 Å². The summed E-state index contributed by atoms with van der Waals surface area (Å²) >= 11 is 0. The van der Waals surface area contributed by atoms with E-state index in [-0.39, 0.29) is 0 Å². The third-order valence-electron chi connectivity index (χ3n) is 3.44. The van der Waals surface area contributed by atoms with Crippen LogP contribution in [0.5, 0.6) is 0 Å². The maximum Gasteiger partial charge on any atom is 0.128 e. The fraction of sp³-hybridized carbons (Fsp3) is 0.667. The summed E-state index contributed by atoms with van der Waals surface area (Å²) in [4.78, 5) is 9.00. The molecule has 0 fully saturated rings. The molecule has 1 atom stereocenters. The van der Waals surface area contributed by atoms with Crippen LogP contribution < -0.4 is 4.90 Å². The fourth-order valence-electron chi connectivity index (χ4n) is 1.89. The molecule has 0 aromatic carbocycles. The van der Waals surface area contributed by atoms with Crippen LogP contribution in [0.2, 0.25) is 0 Å². The third-order valence-corrected chi connectivity index (χ3v) is 3.44. The van der Waals surface area contributed by atoms with Crippen LogP contribution in [0.3, 0.4) is 0 Å². The lowest BCUT2D eigenvalue weighted by molar-refractivity contribution is 0.401. The number of hydrogen-bond acceptors (Lipinski definition) is 3. The number of hydrogen-bond donors (Lipinski definition) is 0. The Balaban J connectivity index is 2.51. The molecule has 1 rings (SSSR count). The summed E-state index contributed by atoms with van der Waals surface area (Å²) in [6.07, 6.45) is 4.35. The molecule has 0 aliphatic rings. The summed E-state index contributed by atoms with van der Waals surface area (Å²) < 4.78 is 0. The molecule has 3 heteroatoms. The van der Waals surface area contributed by atoms with Crippen LogP contribution in [0.25, 0.3) is 0 Å². The van der Waals surface area contributed by atoms with Gasteiger partial charge < -0.3 is 9.80 Å². The first-order valence-corrected chi connectivity index (χ1v) is 6.86. The van der Waals surface area contributed by atoms with Gasteiger partial charge in [0.15, 0.2) is 0 Å². The van der Waals surface area contributed by atoms with Gasteiger partial charge in [-0.2, -0.15) is 0 Å². The highest BCUT2D eigenvalue weighted by Gasteiger charge is 2.06. The molecule has 0 radical (unpaired) electrons. The van der Waals surface area contributed by atoms with Gasteiger partial charge in [-0.25, -0.2) is 4.98 Å². The number of anilines is 1. The minimum absolute atomic E-state index is 0.602. The molecule has 3 nitrogen and oxygen atoms in total. The molecule has 102 valence electrons. The molecular weight excluding hydrogens is 222 g/mol. The van der Waals surface area contributed by atoms with Crippen molar-refractivity contribution < 1.29 is 0 Å². The van der Waals surface area contributed by atoms with Crippen LogP contribution in [-0.2, 0) is 0 Å². The van der Waals surface area contributed by atoms with Gasteiger partial charge >= 0.3 is 0 Å². The average molecular weight is 249 g/mol. The van der Waals surface area contributed by atoms with Crippen molar-refractivity contribution in [3.63, 3.8) is 0 Å². The Morgan fingerprint density at radius 2 is 1.89 bits per heavy atom. The Morgan fingerprint density at radius 3 is 2.39 bits per heavy atom. The molecule has 0 spiro atoms. The van der Waals surface area contributed by atoms with Crippen molar-refractivity contribution in [1.29, 1.82) is 0 Å². The normalized spacial score (nSPS) is 12.8. The summed E-state index contributed by atoms with van der Waals surface area (Å²) in [6.45, 7) is 6.63. The highest BCUT2D eigenvalue weighted by molar-refractivity contribution is 5.38. The lowest BCUT2D eigenvalue weighted by Crippen LogP contribution is -2.24. The summed E-state index contributed by atoms with van der Waals surface area (Å²) in [6, 6.07) is 4.34. The molecule has 0 unspecified atom stereocenters. The maximum absolute atomic E-state index is 4.56. The first-order valence-electron chi connectivity index (χ1n) is 6.86. The monoisotopic (exact) mass is 249 g/mol. The minimum atomic E-state index is 0.602. The van der Waals surface area contributed by atoms with Crippen molar-refractivity contribution in [3.05, 3.63) is 23.9 Å². The van der Waals surface area contributed by atoms with Crippen LogP contribution in [-0.4, -0.2) is 44.1 Å². The van der Waals surface area contributed by atoms with Gasteiger partial charge in [-0.1, -0.05) is 19.9 Å². The van der Waals surface area contributed by atoms with E-state index in [0.717, 1.165) is 25.3 Å². The first-order chi connectivity index (χ1) is 8.54. The van der Waals surface area contributed by atoms with Crippen LogP contribution in [0, 0.1) is 0 Å². The molecule has 18 heavy (non-hydrogen) atoms. The molecule has 0 saturated heterocycles. The van der Waals surface area contributed by atoms with Gasteiger partial charge in [-0.3, -0.25) is 0 Å². The largest absolute Gasteiger partial charge is 0.360 e. The van der Waals surface area contributed by atoms with Crippen molar-refractivity contribution in [2.24, 2.45) is 0 Å². The molecule has 0 N–H and O–H groups in total. The lowest BCUT2D eigenvalue weighted by atomic mass is 10.0. The average Bonchev–Trinajstić information content (AvgIpc) is 2.37. The number of rotatable bonds is 7. The van der Waals surface area contributed by atoms with Crippen molar-refractivity contribution in [2.45, 2.75) is 32.6 Å². The fourth-order valence-corrected chi connectivity index (χ4v) is 1.89. The lowest BCUT2D eigenvalue weighted by Gasteiger charge is -2.20. The second kappa shape index (κ2) is 7.37. The van der Waals surface area contributed by atoms with E-state index in [1.165, 1.54) is 12.0 Å². The summed E-state index contributed by atoms with van der Waals surface area (Å²) in [7, 11) is 6.33. The molecule has 1 aromatic rings. The van der Waals surface area contributed by atoms with Crippen molar-refractivity contribution in [3.8, 4) is 0 Å². The van der Waals surface area contributed by atoms with Crippen molar-refractivity contribution in [1.82, 2.24) is 9.88 Å². The van der Waals surface area contributed by atoms with E-state index in [1.54, 1.807) is 0 Å². The standard InChI is InChI=1S/C15H27N3/c1-6-13(2)14-8-9-15(16-12-14)18(5)11-7-10-17(3)4/h8-9,12-13H,6-7,10-11H2,1-5H3/t13-/m0/s1. The molecule has 0 amide bonds. The topological polar surface area (TPSA) is 19.4 Å². The zero-order valence-electron chi connectivity index (χ0n) is 12.5. The van der Waals surface area contributed by atoms with Gasteiger partial charge in [-0.15, -0.1) is 0 Å². The van der Waals surface area contributed by atoms with Crippen LogP contribution >= 0.6 is 0 Å². The van der Waals surface area contributed by atoms with Crippen LogP contribution in [0.15, 0.2) is 18.3 Å². The third kappa shape index (κ3) is 4.65. The smallest absolute Gasteiger partial charge is 0.128 e. The van der Waals surface area contributed by atoms with E-state index in [2.05, 4.69) is 61.9 Å². The SMILES string of the molecule is CC[C@H](C)c1ccc(N(C)CCCN(C)C)nc1. The van der Waals surface area contributed by atoms with E-state index in [0.29, 0.717) is 5.92 Å². The van der Waals surface area contributed by atoms with Gasteiger partial charge in [-0.05, 0) is 51.0 Å². The summed E-state index contributed by atoms with van der Waals surface area (Å²) in [5, 5.41) is 0. The van der Waals surface area contributed by atoms with Gasteiger partial charge in [0.25, 0.3) is 0 Å². The zero-order valence-corrected chi connectivity index (χ0v) is 12.5. The molecule has 0 saturated carbocycles. The molecule has 0 bridgehead atoms. The predicted octanol–water partition coefficient (Wildman–Crippen LogP) is 2.98. The Kier molecular flexibility index (Phi) is 6.13. The Hall–Kier alpha value is -1.09. The second-order valence-electron chi connectivity index (χ2n) is 5.34. The Bertz CT molecular complexity index is 332. The van der Waals surface area contributed by atoms with E-state index in [9.17, 15) is 0 Å². The van der Waals surface area contributed by atoms with Gasteiger partial charge in [0.1, 0.15) is 5.82 Å². The highest BCUT2D eigenvalue weighted by Crippen LogP contribution is 2.19. The number of nitrogens with zero attached hydrogens (tertiary/aromatic N) is 3. The van der Waals surface area contributed by atoms with Gasteiger partial charge in [0.2, 0.25) is 0 Å². The number of pyridine rings is 1.